The number of fused-ring (bicyclic) bond motifs is 5. The zero-order valence-corrected chi connectivity index (χ0v) is 10.7. The second-order valence-corrected chi connectivity index (χ2v) is 6.85. The smallest absolute Gasteiger partial charge is 0.238 e. The van der Waals surface area contributed by atoms with Gasteiger partial charge in [-0.2, -0.15) is 0 Å². The molecule has 3 heteroatoms. The molecule has 0 spiro atoms. The maximum atomic E-state index is 12.1. The number of carbonyl (C=O) groups excluding carboxylic acids is 1. The highest BCUT2D eigenvalue weighted by atomic mass is 16.2. The molecule has 4 fully saturated rings. The fourth-order valence-electron chi connectivity index (χ4n) is 5.10. The predicted molar refractivity (Wildman–Crippen MR) is 65.1 cm³/mol. The molecule has 0 aromatic heterocycles. The lowest BCUT2D eigenvalue weighted by Crippen LogP contribution is -2.44. The van der Waals surface area contributed by atoms with Crippen LogP contribution in [0.4, 0.5) is 0 Å². The fraction of sp³-hybridized carbons (Fsp3) is 0.929. The van der Waals surface area contributed by atoms with Gasteiger partial charge in [0.1, 0.15) is 0 Å². The summed E-state index contributed by atoms with van der Waals surface area (Å²) in [7, 11) is 0. The number of nitrogens with one attached hydrogen (secondary N) is 1. The largest absolute Gasteiger partial charge is 0.322 e. The molecule has 5 unspecified atom stereocenters. The molecule has 0 aromatic rings. The minimum Gasteiger partial charge on any atom is -0.322 e. The summed E-state index contributed by atoms with van der Waals surface area (Å²) >= 11 is 0. The quantitative estimate of drug-likeness (QED) is 0.784. The molecule has 3 saturated carbocycles. The molecule has 3 aliphatic carbocycles. The lowest BCUT2D eigenvalue weighted by atomic mass is 10.0. The van der Waals surface area contributed by atoms with Crippen LogP contribution in [0.25, 0.3) is 0 Å². The van der Waals surface area contributed by atoms with Gasteiger partial charge in [-0.05, 0) is 48.9 Å². The summed E-state index contributed by atoms with van der Waals surface area (Å²) < 4.78 is 0. The van der Waals surface area contributed by atoms with Gasteiger partial charge < -0.3 is 4.90 Å². The second-order valence-electron chi connectivity index (χ2n) is 6.85. The SMILES string of the molecule is CC(C)C1NCC(=O)N1C1C2C3CCC(C3)C21. The predicted octanol–water partition coefficient (Wildman–Crippen LogP) is 1.44. The number of carbonyl (C=O) groups is 1. The zero-order valence-electron chi connectivity index (χ0n) is 10.7. The molecule has 94 valence electrons. The molecule has 3 nitrogen and oxygen atoms in total. The summed E-state index contributed by atoms with van der Waals surface area (Å²) in [6, 6.07) is 0.608. The molecule has 1 N–H and O–H groups in total. The number of hydrogen-bond donors (Lipinski definition) is 1. The van der Waals surface area contributed by atoms with Gasteiger partial charge in [-0.1, -0.05) is 13.8 Å². The van der Waals surface area contributed by atoms with Crippen LogP contribution in [0.15, 0.2) is 0 Å². The molecule has 0 radical (unpaired) electrons. The Morgan fingerprint density at radius 3 is 2.47 bits per heavy atom. The van der Waals surface area contributed by atoms with Crippen LogP contribution in [0.1, 0.15) is 33.1 Å². The van der Waals surface area contributed by atoms with Gasteiger partial charge in [-0.25, -0.2) is 0 Å². The van der Waals surface area contributed by atoms with Crippen LogP contribution in [0.3, 0.4) is 0 Å². The third-order valence-electron chi connectivity index (χ3n) is 5.70. The van der Waals surface area contributed by atoms with Crippen molar-refractivity contribution in [2.24, 2.45) is 29.6 Å². The van der Waals surface area contributed by atoms with E-state index in [4.69, 9.17) is 0 Å². The molecule has 1 aliphatic heterocycles. The van der Waals surface area contributed by atoms with Crippen molar-refractivity contribution in [1.29, 1.82) is 0 Å². The monoisotopic (exact) mass is 234 g/mol. The normalized spacial score (nSPS) is 51.5. The highest BCUT2D eigenvalue weighted by molar-refractivity contribution is 5.81. The Morgan fingerprint density at radius 1 is 1.24 bits per heavy atom. The van der Waals surface area contributed by atoms with E-state index in [1.165, 1.54) is 19.3 Å². The van der Waals surface area contributed by atoms with Gasteiger partial charge in [-0.15, -0.1) is 0 Å². The van der Waals surface area contributed by atoms with Crippen LogP contribution in [-0.4, -0.2) is 29.6 Å². The molecule has 1 saturated heterocycles. The van der Waals surface area contributed by atoms with E-state index in [0.29, 0.717) is 30.6 Å². The molecule has 4 rings (SSSR count). The van der Waals surface area contributed by atoms with Crippen LogP contribution >= 0.6 is 0 Å². The first-order chi connectivity index (χ1) is 8.18. The van der Waals surface area contributed by atoms with Gasteiger partial charge in [0, 0.05) is 6.04 Å². The van der Waals surface area contributed by atoms with Crippen molar-refractivity contribution in [2.45, 2.75) is 45.3 Å². The van der Waals surface area contributed by atoms with E-state index < -0.39 is 0 Å². The third kappa shape index (κ3) is 1.24. The summed E-state index contributed by atoms with van der Waals surface area (Å²) in [6.07, 6.45) is 4.64. The Balaban J connectivity index is 1.58. The molecule has 1 heterocycles. The Kier molecular flexibility index (Phi) is 1.98. The topological polar surface area (TPSA) is 32.3 Å². The summed E-state index contributed by atoms with van der Waals surface area (Å²) in [5.41, 5.74) is 0. The first kappa shape index (κ1) is 10.4. The molecule has 2 bridgehead atoms. The van der Waals surface area contributed by atoms with Crippen LogP contribution in [0.5, 0.6) is 0 Å². The van der Waals surface area contributed by atoms with Crippen molar-refractivity contribution in [1.82, 2.24) is 10.2 Å². The van der Waals surface area contributed by atoms with Gasteiger partial charge in [-0.3, -0.25) is 10.1 Å². The number of rotatable bonds is 2. The summed E-state index contributed by atoms with van der Waals surface area (Å²) in [5, 5.41) is 3.39. The highest BCUT2D eigenvalue weighted by Gasteiger charge is 2.68. The van der Waals surface area contributed by atoms with Crippen molar-refractivity contribution >= 4 is 5.91 Å². The number of nitrogens with zero attached hydrogens (tertiary/aromatic N) is 1. The minimum atomic E-state index is 0.303. The first-order valence-electron chi connectivity index (χ1n) is 7.23. The Hall–Kier alpha value is -0.570. The Bertz CT molecular complexity index is 351. The number of amides is 1. The van der Waals surface area contributed by atoms with Crippen LogP contribution in [0, 0.1) is 29.6 Å². The molecular weight excluding hydrogens is 212 g/mol. The van der Waals surface area contributed by atoms with E-state index in [1.807, 2.05) is 0 Å². The van der Waals surface area contributed by atoms with Gasteiger partial charge >= 0.3 is 0 Å². The van der Waals surface area contributed by atoms with Crippen LogP contribution < -0.4 is 5.32 Å². The third-order valence-corrected chi connectivity index (χ3v) is 5.70. The maximum absolute atomic E-state index is 12.1. The summed E-state index contributed by atoms with van der Waals surface area (Å²) in [4.78, 5) is 14.3. The fourth-order valence-corrected chi connectivity index (χ4v) is 5.10. The Morgan fingerprint density at radius 2 is 1.88 bits per heavy atom. The van der Waals surface area contributed by atoms with Crippen molar-refractivity contribution in [3.05, 3.63) is 0 Å². The summed E-state index contributed by atoms with van der Waals surface area (Å²) in [5.74, 6) is 4.54. The van der Waals surface area contributed by atoms with E-state index in [9.17, 15) is 4.79 Å². The molecule has 4 aliphatic rings. The first-order valence-corrected chi connectivity index (χ1v) is 7.23. The molecule has 17 heavy (non-hydrogen) atoms. The standard InChI is InChI=1S/C14H22N2O/c1-7(2)14-15-6-10(17)16(14)13-11-8-3-4-9(5-8)12(11)13/h7-9,11-15H,3-6H2,1-2H3. The minimum absolute atomic E-state index is 0.303. The molecular formula is C14H22N2O. The lowest BCUT2D eigenvalue weighted by Gasteiger charge is -2.29. The molecule has 0 aromatic carbocycles. The van der Waals surface area contributed by atoms with Crippen molar-refractivity contribution in [3.63, 3.8) is 0 Å². The summed E-state index contributed by atoms with van der Waals surface area (Å²) in [6.45, 7) is 5.00. The van der Waals surface area contributed by atoms with Crippen molar-refractivity contribution in [2.75, 3.05) is 6.54 Å². The van der Waals surface area contributed by atoms with Crippen LogP contribution in [-0.2, 0) is 4.79 Å². The molecule has 1 amide bonds. The van der Waals surface area contributed by atoms with Gasteiger partial charge in [0.25, 0.3) is 0 Å². The van der Waals surface area contributed by atoms with E-state index in [2.05, 4.69) is 24.1 Å². The second kappa shape index (κ2) is 3.25. The number of hydrogen-bond acceptors (Lipinski definition) is 2. The van der Waals surface area contributed by atoms with E-state index in [1.54, 1.807) is 0 Å². The zero-order chi connectivity index (χ0) is 11.7. The highest BCUT2D eigenvalue weighted by Crippen LogP contribution is 2.67. The Labute approximate surface area is 103 Å². The van der Waals surface area contributed by atoms with Gasteiger partial charge in [0.05, 0.1) is 12.7 Å². The average Bonchev–Trinajstić information content (AvgIpc) is 2.69. The van der Waals surface area contributed by atoms with E-state index in [0.717, 1.165) is 23.7 Å². The average molecular weight is 234 g/mol. The molecule has 5 atom stereocenters. The van der Waals surface area contributed by atoms with E-state index >= 15 is 0 Å². The van der Waals surface area contributed by atoms with Crippen molar-refractivity contribution in [3.8, 4) is 0 Å². The van der Waals surface area contributed by atoms with Gasteiger partial charge in [0.2, 0.25) is 5.91 Å². The van der Waals surface area contributed by atoms with Crippen LogP contribution in [0.2, 0.25) is 0 Å². The van der Waals surface area contributed by atoms with Crippen molar-refractivity contribution < 1.29 is 4.79 Å². The lowest BCUT2D eigenvalue weighted by molar-refractivity contribution is -0.129. The van der Waals surface area contributed by atoms with Gasteiger partial charge in [0.15, 0.2) is 0 Å². The van der Waals surface area contributed by atoms with E-state index in [-0.39, 0.29) is 0 Å². The maximum Gasteiger partial charge on any atom is 0.238 e.